The fourth-order valence-corrected chi connectivity index (χ4v) is 3.75. The van der Waals surface area contributed by atoms with Crippen molar-refractivity contribution >= 4 is 17.5 Å². The Balaban J connectivity index is 1.58. The molecule has 1 fully saturated rings. The van der Waals surface area contributed by atoms with Gasteiger partial charge in [0.1, 0.15) is 5.82 Å². The third-order valence-electron chi connectivity index (χ3n) is 5.25. The maximum Gasteiger partial charge on any atom is 0.339 e. The first-order chi connectivity index (χ1) is 14.6. The molecule has 0 aliphatic carbocycles. The third kappa shape index (κ3) is 3.86. The average Bonchev–Trinajstić information content (AvgIpc) is 3.29. The lowest BCUT2D eigenvalue weighted by atomic mass is 9.97. The molecule has 0 spiro atoms. The normalized spacial score (nSPS) is 16.3. The van der Waals surface area contributed by atoms with E-state index in [-0.39, 0.29) is 23.0 Å². The summed E-state index contributed by atoms with van der Waals surface area (Å²) < 4.78 is 4.64. The highest BCUT2D eigenvalue weighted by molar-refractivity contribution is 5.90. The Hall–Kier alpha value is -3.75. The molecule has 0 saturated carbocycles. The molecule has 4 rings (SSSR count). The summed E-state index contributed by atoms with van der Waals surface area (Å²) in [4.78, 5) is 36.9. The first-order valence-corrected chi connectivity index (χ1v) is 9.65. The van der Waals surface area contributed by atoms with Crippen LogP contribution in [0.15, 0.2) is 48.8 Å². The highest BCUT2D eigenvalue weighted by Gasteiger charge is 2.30. The lowest BCUT2D eigenvalue weighted by molar-refractivity contribution is -0.384. The summed E-state index contributed by atoms with van der Waals surface area (Å²) in [6.07, 6.45) is 4.91. The molecule has 1 N–H and O–H groups in total. The van der Waals surface area contributed by atoms with E-state index in [1.807, 2.05) is 41.4 Å². The topological polar surface area (TPSA) is 114 Å². The number of nitrogens with one attached hydrogen (secondary N) is 1. The molecule has 1 saturated heterocycles. The van der Waals surface area contributed by atoms with E-state index in [1.165, 1.54) is 19.4 Å². The zero-order valence-electron chi connectivity index (χ0n) is 16.4. The number of anilines is 1. The smallest absolute Gasteiger partial charge is 0.339 e. The summed E-state index contributed by atoms with van der Waals surface area (Å²) in [6.45, 7) is 1.20. The summed E-state index contributed by atoms with van der Waals surface area (Å²) in [5.41, 5.74) is 1.84. The number of carbonyl (C=O) groups is 1. The number of imidazole rings is 1. The van der Waals surface area contributed by atoms with Crippen LogP contribution in [-0.4, -0.2) is 46.0 Å². The van der Waals surface area contributed by atoms with Crippen LogP contribution in [0.2, 0.25) is 0 Å². The van der Waals surface area contributed by atoms with Gasteiger partial charge in [-0.2, -0.15) is 0 Å². The molecule has 3 aromatic rings. The molecule has 1 unspecified atom stereocenters. The summed E-state index contributed by atoms with van der Waals surface area (Å²) >= 11 is 0. The SMILES string of the molecule is COC(=O)c1cnc(N2CCCC(c3ncc(-c4ccccc4)[nH]3)C2)c([N+](=O)[O-])c1. The van der Waals surface area contributed by atoms with Crippen molar-refractivity contribution in [2.45, 2.75) is 18.8 Å². The molecule has 1 aliphatic rings. The minimum absolute atomic E-state index is 0.0556. The van der Waals surface area contributed by atoms with Crippen LogP contribution in [0.25, 0.3) is 11.3 Å². The maximum absolute atomic E-state index is 11.7. The number of ether oxygens (including phenoxy) is 1. The maximum atomic E-state index is 11.7. The van der Waals surface area contributed by atoms with Crippen molar-refractivity contribution in [1.82, 2.24) is 15.0 Å². The third-order valence-corrected chi connectivity index (χ3v) is 5.25. The molecule has 1 aliphatic heterocycles. The number of esters is 1. The standard InChI is InChI=1S/C21H21N5O4/c1-30-21(27)16-10-18(26(28)29)20(23-11-16)25-9-5-8-15(13-25)19-22-12-17(24-19)14-6-3-2-4-7-14/h2-4,6-7,10-12,15H,5,8-9,13H2,1H3,(H,22,24). The Bertz CT molecular complexity index is 1070. The molecular weight excluding hydrogens is 386 g/mol. The van der Waals surface area contributed by atoms with Gasteiger partial charge in [0.2, 0.25) is 5.82 Å². The van der Waals surface area contributed by atoms with Crippen LogP contribution in [0, 0.1) is 10.1 Å². The number of hydrogen-bond donors (Lipinski definition) is 1. The van der Waals surface area contributed by atoms with Crippen molar-refractivity contribution in [3.63, 3.8) is 0 Å². The largest absolute Gasteiger partial charge is 0.465 e. The van der Waals surface area contributed by atoms with E-state index >= 15 is 0 Å². The summed E-state index contributed by atoms with van der Waals surface area (Å²) in [5.74, 6) is 0.551. The van der Waals surface area contributed by atoms with Crippen molar-refractivity contribution in [3.05, 3.63) is 70.3 Å². The molecule has 0 bridgehead atoms. The zero-order valence-corrected chi connectivity index (χ0v) is 16.4. The van der Waals surface area contributed by atoms with Crippen molar-refractivity contribution in [2.75, 3.05) is 25.1 Å². The number of rotatable bonds is 5. The lowest BCUT2D eigenvalue weighted by Gasteiger charge is -2.32. The van der Waals surface area contributed by atoms with Gasteiger partial charge in [-0.3, -0.25) is 10.1 Å². The first-order valence-electron chi connectivity index (χ1n) is 9.65. The van der Waals surface area contributed by atoms with Gasteiger partial charge in [0.15, 0.2) is 0 Å². The molecule has 2 aromatic heterocycles. The fourth-order valence-electron chi connectivity index (χ4n) is 3.75. The average molecular weight is 407 g/mol. The van der Waals surface area contributed by atoms with Gasteiger partial charge in [-0.15, -0.1) is 0 Å². The molecule has 154 valence electrons. The summed E-state index contributed by atoms with van der Waals surface area (Å²) in [6, 6.07) is 11.2. The number of nitro groups is 1. The molecule has 0 amide bonds. The van der Waals surface area contributed by atoms with Gasteiger partial charge in [0.25, 0.3) is 0 Å². The number of aromatic amines is 1. The van der Waals surface area contributed by atoms with E-state index in [0.717, 1.165) is 29.9 Å². The Morgan fingerprint density at radius 3 is 2.80 bits per heavy atom. The second kappa shape index (κ2) is 8.32. The predicted octanol–water partition coefficient (Wildman–Crippen LogP) is 3.55. The second-order valence-corrected chi connectivity index (χ2v) is 7.15. The van der Waals surface area contributed by atoms with E-state index in [2.05, 4.69) is 19.7 Å². The van der Waals surface area contributed by atoms with E-state index < -0.39 is 10.9 Å². The van der Waals surface area contributed by atoms with Crippen LogP contribution < -0.4 is 4.90 Å². The van der Waals surface area contributed by atoms with Crippen LogP contribution in [0.4, 0.5) is 11.5 Å². The molecule has 3 heterocycles. The molecule has 9 heteroatoms. The zero-order chi connectivity index (χ0) is 21.1. The van der Waals surface area contributed by atoms with Crippen molar-refractivity contribution < 1.29 is 14.5 Å². The number of pyridine rings is 1. The highest BCUT2D eigenvalue weighted by atomic mass is 16.6. The summed E-state index contributed by atoms with van der Waals surface area (Å²) in [5, 5.41) is 11.6. The quantitative estimate of drug-likeness (QED) is 0.391. The van der Waals surface area contributed by atoms with Crippen LogP contribution in [-0.2, 0) is 4.74 Å². The van der Waals surface area contributed by atoms with Crippen LogP contribution >= 0.6 is 0 Å². The van der Waals surface area contributed by atoms with E-state index in [0.29, 0.717) is 13.1 Å². The molecule has 0 radical (unpaired) electrons. The van der Waals surface area contributed by atoms with Gasteiger partial charge in [-0.1, -0.05) is 30.3 Å². The van der Waals surface area contributed by atoms with Crippen LogP contribution in [0.1, 0.15) is 34.9 Å². The van der Waals surface area contributed by atoms with Gasteiger partial charge in [0.05, 0.1) is 29.5 Å². The van der Waals surface area contributed by atoms with Gasteiger partial charge in [0, 0.05) is 31.3 Å². The van der Waals surface area contributed by atoms with Crippen LogP contribution in [0.5, 0.6) is 0 Å². The van der Waals surface area contributed by atoms with Crippen molar-refractivity contribution in [2.24, 2.45) is 0 Å². The first kappa shape index (κ1) is 19.6. The Morgan fingerprint density at radius 1 is 1.27 bits per heavy atom. The Kier molecular flexibility index (Phi) is 5.42. The number of aromatic nitrogens is 3. The Labute approximate surface area is 172 Å². The fraction of sp³-hybridized carbons (Fsp3) is 0.286. The van der Waals surface area contributed by atoms with Gasteiger partial charge < -0.3 is 14.6 Å². The number of H-pyrrole nitrogens is 1. The number of hydrogen-bond acceptors (Lipinski definition) is 7. The minimum Gasteiger partial charge on any atom is -0.465 e. The van der Waals surface area contributed by atoms with Gasteiger partial charge in [-0.25, -0.2) is 14.8 Å². The predicted molar refractivity (Wildman–Crippen MR) is 110 cm³/mol. The van der Waals surface area contributed by atoms with Crippen molar-refractivity contribution in [3.8, 4) is 11.3 Å². The number of methoxy groups -OCH3 is 1. The van der Waals surface area contributed by atoms with Gasteiger partial charge in [-0.05, 0) is 18.4 Å². The van der Waals surface area contributed by atoms with Crippen molar-refractivity contribution in [1.29, 1.82) is 0 Å². The molecular formula is C21H21N5O4. The summed E-state index contributed by atoms with van der Waals surface area (Å²) in [7, 11) is 1.23. The number of nitrogens with zero attached hydrogens (tertiary/aromatic N) is 4. The molecule has 1 atom stereocenters. The second-order valence-electron chi connectivity index (χ2n) is 7.15. The number of piperidine rings is 1. The molecule has 1 aromatic carbocycles. The number of benzene rings is 1. The highest BCUT2D eigenvalue weighted by Crippen LogP contribution is 2.33. The van der Waals surface area contributed by atoms with Gasteiger partial charge >= 0.3 is 11.7 Å². The number of carbonyl (C=O) groups excluding carboxylic acids is 1. The Morgan fingerprint density at radius 2 is 2.07 bits per heavy atom. The molecule has 30 heavy (non-hydrogen) atoms. The monoisotopic (exact) mass is 407 g/mol. The molecule has 9 nitrogen and oxygen atoms in total. The van der Waals surface area contributed by atoms with Crippen LogP contribution in [0.3, 0.4) is 0 Å². The lowest BCUT2D eigenvalue weighted by Crippen LogP contribution is -2.35. The van der Waals surface area contributed by atoms with E-state index in [9.17, 15) is 14.9 Å². The van der Waals surface area contributed by atoms with E-state index in [4.69, 9.17) is 0 Å². The van der Waals surface area contributed by atoms with E-state index in [1.54, 1.807) is 0 Å². The minimum atomic E-state index is -0.655.